The van der Waals surface area contributed by atoms with E-state index in [1.165, 1.54) is 0 Å². The number of Topliss-reactive ketones (excluding diaryl/α,β-unsaturated/α-hetero) is 1. The summed E-state index contributed by atoms with van der Waals surface area (Å²) in [5.41, 5.74) is -0.0563. The molecule has 1 aromatic carbocycles. The lowest BCUT2D eigenvalue weighted by atomic mass is 9.42. The van der Waals surface area contributed by atoms with Crippen LogP contribution in [-0.2, 0) is 19.7 Å². The van der Waals surface area contributed by atoms with Gasteiger partial charge in [0.25, 0.3) is 0 Å². The molecule has 2 N–H and O–H groups in total. The van der Waals surface area contributed by atoms with Crippen LogP contribution >= 0.6 is 0 Å². The molecule has 6 atom stereocenters. The van der Waals surface area contributed by atoms with Gasteiger partial charge < -0.3 is 19.6 Å². The van der Waals surface area contributed by atoms with E-state index in [1.54, 1.807) is 0 Å². The Kier molecular flexibility index (Phi) is 2.51. The number of ketones is 1. The molecule has 0 spiro atoms. The van der Waals surface area contributed by atoms with Crippen LogP contribution in [0.1, 0.15) is 18.9 Å². The number of carboxylic acid groups (broad SMARTS) is 1. The number of nitrogens with zero attached hydrogens (tertiary/aromatic N) is 1. The van der Waals surface area contributed by atoms with Gasteiger partial charge in [0.15, 0.2) is 6.04 Å². The van der Waals surface area contributed by atoms with Gasteiger partial charge in [-0.1, -0.05) is 24.3 Å². The fourth-order valence-electron chi connectivity index (χ4n) is 7.51. The van der Waals surface area contributed by atoms with Crippen molar-refractivity contribution < 1.29 is 23.9 Å². The predicted molar refractivity (Wildman–Crippen MR) is 97.1 cm³/mol. The Labute approximate surface area is 157 Å². The third-order valence-electron chi connectivity index (χ3n) is 8.35. The summed E-state index contributed by atoms with van der Waals surface area (Å²) in [6.45, 7) is 3.49. The van der Waals surface area contributed by atoms with E-state index in [2.05, 4.69) is 12.4 Å². The molecule has 27 heavy (non-hydrogen) atoms. The predicted octanol–water partition coefficient (Wildman–Crippen LogP) is 1.53. The molecule has 6 nitrogen and oxygen atoms in total. The number of carboxylic acids is 1. The molecule has 4 heterocycles. The van der Waals surface area contributed by atoms with Gasteiger partial charge in [-0.15, -0.1) is 0 Å². The van der Waals surface area contributed by atoms with Gasteiger partial charge >= 0.3 is 5.97 Å². The van der Waals surface area contributed by atoms with E-state index in [9.17, 15) is 14.7 Å². The third-order valence-corrected chi connectivity index (χ3v) is 8.35. The molecule has 5 bridgehead atoms. The molecular formula is C21H23N2O4+. The Hall–Kier alpha value is -2.18. The van der Waals surface area contributed by atoms with Crippen molar-refractivity contribution in [2.24, 2.45) is 11.3 Å². The number of allylic oxidation sites excluding steroid dienone is 1. The highest BCUT2D eigenvalue weighted by Crippen LogP contribution is 2.74. The number of carbonyl (C=O) groups excluding carboxylic acids is 1. The fraction of sp³-hybridized carbons (Fsp3) is 0.524. The van der Waals surface area contributed by atoms with Crippen molar-refractivity contribution in [1.29, 1.82) is 0 Å². The number of hydrogen-bond acceptors (Lipinski definition) is 4. The molecule has 2 unspecified atom stereocenters. The van der Waals surface area contributed by atoms with Crippen LogP contribution in [-0.4, -0.2) is 59.9 Å². The number of fused-ring (bicyclic) bond motifs is 3. The Morgan fingerprint density at radius 1 is 1.41 bits per heavy atom. The van der Waals surface area contributed by atoms with Gasteiger partial charge in [0.1, 0.15) is 12.0 Å². The first-order valence-electron chi connectivity index (χ1n) is 9.66. The van der Waals surface area contributed by atoms with E-state index in [0.717, 1.165) is 23.4 Å². The minimum Gasteiger partial charge on any atom is -0.481 e. The van der Waals surface area contributed by atoms with Gasteiger partial charge in [-0.05, 0) is 24.1 Å². The summed E-state index contributed by atoms with van der Waals surface area (Å²) in [4.78, 5) is 26.7. The monoisotopic (exact) mass is 367 g/mol. The van der Waals surface area contributed by atoms with Gasteiger partial charge in [0.2, 0.25) is 11.5 Å². The van der Waals surface area contributed by atoms with Gasteiger partial charge in [0.05, 0.1) is 31.5 Å². The Bertz CT molecular complexity index is 973. The lowest BCUT2D eigenvalue weighted by Crippen LogP contribution is -2.86. The summed E-state index contributed by atoms with van der Waals surface area (Å²) in [6.07, 6.45) is 2.68. The molecule has 1 aromatic rings. The molecule has 1 aliphatic carbocycles. The topological polar surface area (TPSA) is 75.6 Å². The molecular weight excluding hydrogens is 344 g/mol. The number of quaternary nitrogens is 1. The van der Waals surface area contributed by atoms with Gasteiger partial charge in [0, 0.05) is 12.1 Å². The van der Waals surface area contributed by atoms with E-state index < -0.39 is 28.4 Å². The van der Waals surface area contributed by atoms with E-state index in [-0.39, 0.29) is 18.4 Å². The fourth-order valence-corrected chi connectivity index (χ4v) is 7.51. The zero-order valence-electron chi connectivity index (χ0n) is 15.5. The zero-order valence-corrected chi connectivity index (χ0v) is 15.5. The number of ether oxygens (including phenoxy) is 1. The summed E-state index contributed by atoms with van der Waals surface area (Å²) >= 11 is 0. The van der Waals surface area contributed by atoms with Crippen molar-refractivity contribution in [2.75, 3.05) is 32.1 Å². The minimum absolute atomic E-state index is 0.0346. The highest BCUT2D eigenvalue weighted by atomic mass is 16.5. The number of anilines is 1. The van der Waals surface area contributed by atoms with Crippen LogP contribution in [0.25, 0.3) is 0 Å². The Morgan fingerprint density at radius 3 is 2.93 bits per heavy atom. The first-order valence-corrected chi connectivity index (χ1v) is 9.66. The summed E-state index contributed by atoms with van der Waals surface area (Å²) in [5.74, 6) is -1.48. The first kappa shape index (κ1) is 15.8. The molecule has 0 radical (unpaired) electrons. The van der Waals surface area contributed by atoms with Crippen LogP contribution in [0.3, 0.4) is 0 Å². The van der Waals surface area contributed by atoms with Gasteiger partial charge in [-0.2, -0.15) is 0 Å². The number of rotatable bonds is 1. The van der Waals surface area contributed by atoms with E-state index in [1.807, 2.05) is 37.3 Å². The smallest absolute Gasteiger partial charge is 0.314 e. The van der Waals surface area contributed by atoms with Crippen LogP contribution in [0.4, 0.5) is 5.69 Å². The number of likely N-dealkylation sites (N-methyl/N-ethyl adjacent to an activating group) is 1. The number of hydrogen-bond donors (Lipinski definition) is 2. The summed E-state index contributed by atoms with van der Waals surface area (Å²) in [5, 5.41) is 14.2. The van der Waals surface area contributed by atoms with E-state index in [0.29, 0.717) is 17.4 Å². The van der Waals surface area contributed by atoms with Crippen molar-refractivity contribution in [1.82, 2.24) is 0 Å². The molecule has 0 amide bonds. The molecule has 3 saturated heterocycles. The summed E-state index contributed by atoms with van der Waals surface area (Å²) < 4.78 is 7.04. The molecule has 0 aromatic heterocycles. The van der Waals surface area contributed by atoms with Gasteiger partial charge in [-0.3, -0.25) is 9.59 Å². The third kappa shape index (κ3) is 1.26. The number of para-hydroxylation sites is 1. The number of benzene rings is 1. The molecule has 5 aliphatic rings. The number of piperidine rings is 2. The molecule has 140 valence electrons. The second kappa shape index (κ2) is 4.28. The van der Waals surface area contributed by atoms with Crippen LogP contribution < -0.4 is 5.32 Å². The average Bonchev–Trinajstić information content (AvgIpc) is 3.05. The SMILES string of the molecule is C/C=C1/C[N+]2(C)CC[C@@]34c5ccccc5N[C@]35OCC4(C(=O)O)[C@H]1C(=O)[C@@H]52. The number of aliphatic carboxylic acids is 1. The van der Waals surface area contributed by atoms with Crippen molar-refractivity contribution in [3.8, 4) is 0 Å². The van der Waals surface area contributed by atoms with Crippen LogP contribution in [0.2, 0.25) is 0 Å². The van der Waals surface area contributed by atoms with E-state index in [4.69, 9.17) is 4.74 Å². The maximum absolute atomic E-state index is 13.8. The largest absolute Gasteiger partial charge is 0.481 e. The van der Waals surface area contributed by atoms with Crippen LogP contribution in [0.15, 0.2) is 35.9 Å². The normalized spacial score (nSPS) is 49.7. The van der Waals surface area contributed by atoms with Crippen molar-refractivity contribution in [2.45, 2.75) is 30.5 Å². The second-order valence-electron chi connectivity index (χ2n) is 9.09. The molecule has 4 aliphatic heterocycles. The maximum Gasteiger partial charge on any atom is 0.314 e. The average molecular weight is 367 g/mol. The lowest BCUT2D eigenvalue weighted by molar-refractivity contribution is -0.937. The summed E-state index contributed by atoms with van der Waals surface area (Å²) in [7, 11) is 2.13. The molecule has 4 fully saturated rings. The van der Waals surface area contributed by atoms with Crippen molar-refractivity contribution in [3.05, 3.63) is 41.5 Å². The highest BCUT2D eigenvalue weighted by Gasteiger charge is 2.91. The van der Waals surface area contributed by atoms with E-state index >= 15 is 0 Å². The highest BCUT2D eigenvalue weighted by molar-refractivity contribution is 6.01. The summed E-state index contributed by atoms with van der Waals surface area (Å²) in [6, 6.07) is 7.55. The first-order chi connectivity index (χ1) is 12.9. The quantitative estimate of drug-likeness (QED) is 0.582. The maximum atomic E-state index is 13.8. The minimum atomic E-state index is -1.26. The Morgan fingerprint density at radius 2 is 2.19 bits per heavy atom. The zero-order chi connectivity index (χ0) is 18.8. The Balaban J connectivity index is 1.79. The molecule has 1 saturated carbocycles. The molecule has 6 heteroatoms. The van der Waals surface area contributed by atoms with Crippen LogP contribution in [0, 0.1) is 11.3 Å². The van der Waals surface area contributed by atoms with Crippen molar-refractivity contribution in [3.63, 3.8) is 0 Å². The number of nitrogens with one attached hydrogen (secondary N) is 1. The van der Waals surface area contributed by atoms with Crippen molar-refractivity contribution >= 4 is 17.4 Å². The lowest BCUT2D eigenvalue weighted by Gasteiger charge is -2.66. The number of carbonyl (C=O) groups is 2. The van der Waals surface area contributed by atoms with Gasteiger partial charge in [-0.25, -0.2) is 0 Å². The van der Waals surface area contributed by atoms with Crippen LogP contribution in [0.5, 0.6) is 0 Å². The second-order valence-corrected chi connectivity index (χ2v) is 9.09. The molecule has 6 rings (SSSR count). The standard InChI is InChI=1S/C21H22N2O4/c1-3-12-10-23(2)9-8-20-13-6-4-5-7-14(13)22-21(20)17(23)16(24)15(12)19(20,11-27-21)18(25)26/h3-7,15,17,22H,8-11H2,1-2H3/p+1/b12-3-/t15-,17+,19?,20+,21-,23?/m1/s1.